The minimum absolute atomic E-state index is 0.151. The third-order valence-electron chi connectivity index (χ3n) is 2.48. The Balaban J connectivity index is 2.24. The molecule has 0 amide bonds. The molecule has 1 aromatic heterocycles. The van der Waals surface area contributed by atoms with Gasteiger partial charge in [-0.25, -0.2) is 4.39 Å². The second kappa shape index (κ2) is 5.55. The van der Waals surface area contributed by atoms with Crippen LogP contribution >= 0.6 is 0 Å². The fourth-order valence-corrected chi connectivity index (χ4v) is 1.56. The lowest BCUT2D eigenvalue weighted by atomic mass is 10.1. The summed E-state index contributed by atoms with van der Waals surface area (Å²) in [5.74, 6) is -2.11. The van der Waals surface area contributed by atoms with Gasteiger partial charge in [0, 0.05) is 18.9 Å². The van der Waals surface area contributed by atoms with Gasteiger partial charge >= 0.3 is 0 Å². The van der Waals surface area contributed by atoms with Crippen molar-refractivity contribution in [1.29, 1.82) is 0 Å². The van der Waals surface area contributed by atoms with Crippen molar-refractivity contribution in [3.05, 3.63) is 59.9 Å². The Morgan fingerprint density at radius 3 is 2.56 bits per heavy atom. The summed E-state index contributed by atoms with van der Waals surface area (Å²) >= 11 is 0. The van der Waals surface area contributed by atoms with E-state index in [4.69, 9.17) is 10.5 Å². The van der Waals surface area contributed by atoms with Gasteiger partial charge in [-0.1, -0.05) is 6.07 Å². The van der Waals surface area contributed by atoms with E-state index in [1.807, 2.05) is 0 Å². The molecular weight excluding hydrogens is 238 g/mol. The molecule has 1 atom stereocenters. The molecule has 0 radical (unpaired) electrons. The van der Waals surface area contributed by atoms with E-state index >= 15 is 0 Å². The average molecular weight is 250 g/mol. The molecule has 0 fully saturated rings. The summed E-state index contributed by atoms with van der Waals surface area (Å²) in [5, 5.41) is 0. The standard InChI is InChI=1S/C13H12F2N2O/c14-10-2-1-3-11(13(10)15)18-12(8-16)9-4-6-17-7-5-9/h1-7,12H,8,16H2. The van der Waals surface area contributed by atoms with Crippen LogP contribution in [0.4, 0.5) is 8.78 Å². The van der Waals surface area contributed by atoms with Crippen LogP contribution in [0.5, 0.6) is 5.75 Å². The van der Waals surface area contributed by atoms with Crippen LogP contribution in [0.25, 0.3) is 0 Å². The third kappa shape index (κ3) is 2.62. The third-order valence-corrected chi connectivity index (χ3v) is 2.48. The van der Waals surface area contributed by atoms with Gasteiger partial charge in [-0.05, 0) is 29.8 Å². The van der Waals surface area contributed by atoms with E-state index in [0.717, 1.165) is 11.6 Å². The Morgan fingerprint density at radius 1 is 1.17 bits per heavy atom. The monoisotopic (exact) mass is 250 g/mol. The van der Waals surface area contributed by atoms with Gasteiger partial charge in [-0.2, -0.15) is 4.39 Å². The van der Waals surface area contributed by atoms with Gasteiger partial charge in [0.15, 0.2) is 11.6 Å². The molecule has 94 valence electrons. The average Bonchev–Trinajstić information content (AvgIpc) is 2.41. The van der Waals surface area contributed by atoms with Crippen molar-refractivity contribution < 1.29 is 13.5 Å². The lowest BCUT2D eigenvalue weighted by Crippen LogP contribution is -2.19. The summed E-state index contributed by atoms with van der Waals surface area (Å²) in [6.45, 7) is 0.153. The van der Waals surface area contributed by atoms with Gasteiger partial charge < -0.3 is 10.5 Å². The first-order valence-electron chi connectivity index (χ1n) is 5.43. The van der Waals surface area contributed by atoms with Crippen LogP contribution in [0.2, 0.25) is 0 Å². The molecule has 0 aliphatic rings. The normalized spacial score (nSPS) is 12.2. The van der Waals surface area contributed by atoms with Crippen molar-refractivity contribution in [3.63, 3.8) is 0 Å². The fraction of sp³-hybridized carbons (Fsp3) is 0.154. The molecule has 1 unspecified atom stereocenters. The Kier molecular flexibility index (Phi) is 3.84. The van der Waals surface area contributed by atoms with Crippen molar-refractivity contribution in [2.45, 2.75) is 6.10 Å². The van der Waals surface area contributed by atoms with Gasteiger partial charge in [-0.3, -0.25) is 4.98 Å². The molecule has 0 bridgehead atoms. The van der Waals surface area contributed by atoms with Crippen molar-refractivity contribution in [2.24, 2.45) is 5.73 Å². The molecular formula is C13H12F2N2O. The van der Waals surface area contributed by atoms with E-state index in [9.17, 15) is 8.78 Å². The van der Waals surface area contributed by atoms with Gasteiger partial charge in [0.2, 0.25) is 5.82 Å². The van der Waals surface area contributed by atoms with E-state index in [2.05, 4.69) is 4.98 Å². The van der Waals surface area contributed by atoms with E-state index < -0.39 is 17.7 Å². The lowest BCUT2D eigenvalue weighted by Gasteiger charge is -2.18. The van der Waals surface area contributed by atoms with Crippen molar-refractivity contribution in [3.8, 4) is 5.75 Å². The largest absolute Gasteiger partial charge is 0.481 e. The van der Waals surface area contributed by atoms with Crippen molar-refractivity contribution >= 4 is 0 Å². The Labute approximate surface area is 103 Å². The molecule has 18 heavy (non-hydrogen) atoms. The summed E-state index contributed by atoms with van der Waals surface area (Å²) in [7, 11) is 0. The Morgan fingerprint density at radius 2 is 1.89 bits per heavy atom. The molecule has 0 saturated carbocycles. The maximum atomic E-state index is 13.5. The smallest absolute Gasteiger partial charge is 0.200 e. The van der Waals surface area contributed by atoms with E-state index in [0.29, 0.717) is 0 Å². The van der Waals surface area contributed by atoms with Crippen LogP contribution in [-0.2, 0) is 0 Å². The maximum absolute atomic E-state index is 13.5. The van der Waals surface area contributed by atoms with Gasteiger partial charge in [0.25, 0.3) is 0 Å². The number of hydrogen-bond acceptors (Lipinski definition) is 3. The van der Waals surface area contributed by atoms with Gasteiger partial charge in [-0.15, -0.1) is 0 Å². The van der Waals surface area contributed by atoms with Gasteiger partial charge in [0.05, 0.1) is 0 Å². The second-order valence-corrected chi connectivity index (χ2v) is 3.67. The number of rotatable bonds is 4. The first-order chi connectivity index (χ1) is 8.72. The van der Waals surface area contributed by atoms with Crippen LogP contribution in [0.15, 0.2) is 42.7 Å². The van der Waals surface area contributed by atoms with Crippen LogP contribution < -0.4 is 10.5 Å². The van der Waals surface area contributed by atoms with Crippen molar-refractivity contribution in [2.75, 3.05) is 6.54 Å². The number of nitrogens with zero attached hydrogens (tertiary/aromatic N) is 1. The van der Waals surface area contributed by atoms with Crippen LogP contribution in [-0.4, -0.2) is 11.5 Å². The quantitative estimate of drug-likeness (QED) is 0.906. The van der Waals surface area contributed by atoms with Crippen LogP contribution in [0.1, 0.15) is 11.7 Å². The molecule has 0 spiro atoms. The highest BCUT2D eigenvalue weighted by Crippen LogP contribution is 2.25. The summed E-state index contributed by atoms with van der Waals surface area (Å²) < 4.78 is 31.9. The van der Waals surface area contributed by atoms with Crippen molar-refractivity contribution in [1.82, 2.24) is 4.98 Å². The number of hydrogen-bond donors (Lipinski definition) is 1. The van der Waals surface area contributed by atoms with E-state index in [-0.39, 0.29) is 12.3 Å². The highest BCUT2D eigenvalue weighted by atomic mass is 19.2. The molecule has 1 aromatic carbocycles. The molecule has 2 rings (SSSR count). The number of ether oxygens (including phenoxy) is 1. The molecule has 2 aromatic rings. The highest BCUT2D eigenvalue weighted by Gasteiger charge is 2.15. The summed E-state index contributed by atoms with van der Waals surface area (Å²) in [6.07, 6.45) is 2.64. The summed E-state index contributed by atoms with van der Waals surface area (Å²) in [4.78, 5) is 3.87. The molecule has 0 saturated heterocycles. The zero-order valence-corrected chi connectivity index (χ0v) is 9.51. The zero-order chi connectivity index (χ0) is 13.0. The predicted molar refractivity (Wildman–Crippen MR) is 63.0 cm³/mol. The first-order valence-corrected chi connectivity index (χ1v) is 5.43. The summed E-state index contributed by atoms with van der Waals surface area (Å²) in [5.41, 5.74) is 6.34. The number of halogens is 2. The molecule has 3 nitrogen and oxygen atoms in total. The molecule has 5 heteroatoms. The van der Waals surface area contributed by atoms with E-state index in [1.54, 1.807) is 24.5 Å². The number of nitrogens with two attached hydrogens (primary N) is 1. The number of pyridine rings is 1. The van der Waals surface area contributed by atoms with E-state index in [1.165, 1.54) is 12.1 Å². The molecule has 2 N–H and O–H groups in total. The number of benzene rings is 1. The van der Waals surface area contributed by atoms with Crippen LogP contribution in [0.3, 0.4) is 0 Å². The highest BCUT2D eigenvalue weighted by molar-refractivity contribution is 5.26. The number of aromatic nitrogens is 1. The maximum Gasteiger partial charge on any atom is 0.200 e. The molecule has 0 aliphatic carbocycles. The summed E-state index contributed by atoms with van der Waals surface area (Å²) in [6, 6.07) is 7.21. The lowest BCUT2D eigenvalue weighted by molar-refractivity contribution is 0.202. The minimum Gasteiger partial charge on any atom is -0.481 e. The predicted octanol–water partition coefficient (Wildman–Crippen LogP) is 2.44. The Hall–Kier alpha value is -2.01. The first kappa shape index (κ1) is 12.4. The molecule has 0 aliphatic heterocycles. The molecule has 1 heterocycles. The SMILES string of the molecule is NCC(Oc1cccc(F)c1F)c1ccncc1. The minimum atomic E-state index is -1.01. The fourth-order valence-electron chi connectivity index (χ4n) is 1.56. The topological polar surface area (TPSA) is 48.1 Å². The van der Waals surface area contributed by atoms with Crippen LogP contribution in [0, 0.1) is 11.6 Å². The van der Waals surface area contributed by atoms with Gasteiger partial charge in [0.1, 0.15) is 6.10 Å². The zero-order valence-electron chi connectivity index (χ0n) is 9.51. The Bertz CT molecular complexity index is 520. The second-order valence-electron chi connectivity index (χ2n) is 3.67.